The maximum atomic E-state index is 5.24. The van der Waals surface area contributed by atoms with E-state index in [9.17, 15) is 0 Å². The Morgan fingerprint density at radius 1 is 1.14 bits per heavy atom. The van der Waals surface area contributed by atoms with Crippen LogP contribution in [0.4, 0.5) is 10.9 Å². The van der Waals surface area contributed by atoms with Crippen molar-refractivity contribution in [1.82, 2.24) is 24.1 Å². The molecule has 0 amide bonds. The van der Waals surface area contributed by atoms with Crippen molar-refractivity contribution < 1.29 is 4.74 Å². The molecule has 0 saturated heterocycles. The number of methoxy groups -OCH3 is 1. The van der Waals surface area contributed by atoms with Crippen LogP contribution in [0, 0.1) is 0 Å². The molecule has 0 aliphatic heterocycles. The monoisotopic (exact) mass is 406 g/mol. The van der Waals surface area contributed by atoms with Gasteiger partial charge in [0.1, 0.15) is 11.6 Å². The molecule has 0 fully saturated rings. The molecule has 7 nitrogen and oxygen atoms in total. The molecule has 0 spiro atoms. The first-order valence-corrected chi connectivity index (χ1v) is 10.2. The SMILES string of the molecule is CCCc1c(-c2nsc(Nc3ccccn3)n2)cnn1Cc1ccc(OC)cc1. The second kappa shape index (κ2) is 8.83. The highest BCUT2D eigenvalue weighted by Gasteiger charge is 2.17. The van der Waals surface area contributed by atoms with Crippen LogP contribution in [0.5, 0.6) is 5.75 Å². The standard InChI is InChI=1S/C21H22N6OS/c1-3-6-18-17(13-23-27(18)14-15-8-10-16(28-2)11-9-15)20-25-21(29-26-20)24-19-7-4-5-12-22-19/h4-5,7-13H,3,6,14H2,1-2H3,(H,22,24,25,26). The summed E-state index contributed by atoms with van der Waals surface area (Å²) in [5, 5.41) is 8.53. The van der Waals surface area contributed by atoms with Crippen LogP contribution in [0.3, 0.4) is 0 Å². The van der Waals surface area contributed by atoms with Crippen LogP contribution < -0.4 is 10.1 Å². The van der Waals surface area contributed by atoms with Crippen LogP contribution in [0.25, 0.3) is 11.4 Å². The number of anilines is 2. The van der Waals surface area contributed by atoms with Crippen molar-refractivity contribution in [2.45, 2.75) is 26.3 Å². The average molecular weight is 407 g/mol. The Bertz CT molecular complexity index is 1060. The molecule has 4 aromatic rings. The largest absolute Gasteiger partial charge is 0.497 e. The zero-order valence-electron chi connectivity index (χ0n) is 16.4. The van der Waals surface area contributed by atoms with Gasteiger partial charge in [0.2, 0.25) is 5.13 Å². The predicted octanol–water partition coefficient (Wildman–Crippen LogP) is 4.55. The Hall–Kier alpha value is -3.26. The summed E-state index contributed by atoms with van der Waals surface area (Å²) in [6.45, 7) is 2.86. The predicted molar refractivity (Wildman–Crippen MR) is 115 cm³/mol. The van der Waals surface area contributed by atoms with Gasteiger partial charge in [0.05, 0.1) is 25.4 Å². The Morgan fingerprint density at radius 2 is 2.00 bits per heavy atom. The van der Waals surface area contributed by atoms with E-state index in [1.807, 2.05) is 41.2 Å². The van der Waals surface area contributed by atoms with Crippen molar-refractivity contribution >= 4 is 22.5 Å². The fourth-order valence-corrected chi connectivity index (χ4v) is 3.66. The van der Waals surface area contributed by atoms with Gasteiger partial charge in [-0.2, -0.15) is 14.5 Å². The summed E-state index contributed by atoms with van der Waals surface area (Å²) < 4.78 is 11.8. The molecule has 0 saturated carbocycles. The third-order valence-electron chi connectivity index (χ3n) is 4.49. The van der Waals surface area contributed by atoms with Gasteiger partial charge in [-0.1, -0.05) is 31.5 Å². The molecule has 148 valence electrons. The minimum Gasteiger partial charge on any atom is -0.497 e. The summed E-state index contributed by atoms with van der Waals surface area (Å²) in [6.07, 6.45) is 5.53. The molecule has 8 heteroatoms. The number of hydrogen-bond acceptors (Lipinski definition) is 7. The van der Waals surface area contributed by atoms with E-state index in [1.54, 1.807) is 13.3 Å². The van der Waals surface area contributed by atoms with E-state index in [0.29, 0.717) is 17.5 Å². The van der Waals surface area contributed by atoms with Crippen LogP contribution in [-0.4, -0.2) is 31.2 Å². The highest BCUT2D eigenvalue weighted by atomic mass is 32.1. The summed E-state index contributed by atoms with van der Waals surface area (Å²) in [7, 11) is 1.67. The molecule has 0 radical (unpaired) electrons. The molecular weight excluding hydrogens is 384 g/mol. The zero-order chi connectivity index (χ0) is 20.1. The molecular formula is C21H22N6OS. The van der Waals surface area contributed by atoms with E-state index < -0.39 is 0 Å². The number of benzene rings is 1. The van der Waals surface area contributed by atoms with Crippen molar-refractivity contribution in [2.75, 3.05) is 12.4 Å². The minimum atomic E-state index is 0.692. The van der Waals surface area contributed by atoms with E-state index in [4.69, 9.17) is 4.74 Å². The Morgan fingerprint density at radius 3 is 2.72 bits per heavy atom. The lowest BCUT2D eigenvalue weighted by Gasteiger charge is -2.09. The first-order valence-electron chi connectivity index (χ1n) is 9.46. The van der Waals surface area contributed by atoms with Crippen molar-refractivity contribution in [3.05, 3.63) is 66.1 Å². The molecule has 0 aliphatic rings. The number of ether oxygens (including phenoxy) is 1. The Balaban J connectivity index is 1.57. The molecule has 0 unspecified atom stereocenters. The van der Waals surface area contributed by atoms with E-state index in [-0.39, 0.29) is 0 Å². The molecule has 1 aromatic carbocycles. The van der Waals surface area contributed by atoms with Gasteiger partial charge in [-0.05, 0) is 36.2 Å². The third-order valence-corrected chi connectivity index (χ3v) is 5.12. The number of aromatic nitrogens is 5. The second-order valence-corrected chi connectivity index (χ2v) is 7.28. The summed E-state index contributed by atoms with van der Waals surface area (Å²) in [4.78, 5) is 8.92. The minimum absolute atomic E-state index is 0.692. The summed E-state index contributed by atoms with van der Waals surface area (Å²) in [6, 6.07) is 13.8. The maximum absolute atomic E-state index is 5.24. The zero-order valence-corrected chi connectivity index (χ0v) is 17.2. The normalized spacial score (nSPS) is 10.8. The van der Waals surface area contributed by atoms with Gasteiger partial charge in [-0.3, -0.25) is 4.68 Å². The van der Waals surface area contributed by atoms with E-state index in [2.05, 4.69) is 43.8 Å². The molecule has 4 rings (SSSR count). The lowest BCUT2D eigenvalue weighted by Crippen LogP contribution is -2.07. The van der Waals surface area contributed by atoms with E-state index in [0.717, 1.165) is 35.7 Å². The number of hydrogen-bond donors (Lipinski definition) is 1. The average Bonchev–Trinajstić information content (AvgIpc) is 3.37. The van der Waals surface area contributed by atoms with Crippen molar-refractivity contribution in [1.29, 1.82) is 0 Å². The Labute approximate surface area is 173 Å². The van der Waals surface area contributed by atoms with Crippen LogP contribution >= 0.6 is 11.5 Å². The number of pyridine rings is 1. The van der Waals surface area contributed by atoms with Gasteiger partial charge in [0.25, 0.3) is 0 Å². The highest BCUT2D eigenvalue weighted by Crippen LogP contribution is 2.27. The quantitative estimate of drug-likeness (QED) is 0.463. The number of rotatable bonds is 8. The summed E-state index contributed by atoms with van der Waals surface area (Å²) in [5.41, 5.74) is 3.29. The van der Waals surface area contributed by atoms with Gasteiger partial charge in [-0.15, -0.1) is 0 Å². The third kappa shape index (κ3) is 4.43. The van der Waals surface area contributed by atoms with E-state index >= 15 is 0 Å². The smallest absolute Gasteiger partial charge is 0.208 e. The number of nitrogens with zero attached hydrogens (tertiary/aromatic N) is 5. The lowest BCUT2D eigenvalue weighted by atomic mass is 10.1. The van der Waals surface area contributed by atoms with Gasteiger partial charge in [-0.25, -0.2) is 4.98 Å². The van der Waals surface area contributed by atoms with Gasteiger partial charge in [0.15, 0.2) is 5.82 Å². The molecule has 0 bridgehead atoms. The van der Waals surface area contributed by atoms with Crippen LogP contribution in [0.2, 0.25) is 0 Å². The summed E-state index contributed by atoms with van der Waals surface area (Å²) >= 11 is 1.32. The molecule has 1 N–H and O–H groups in total. The molecule has 0 atom stereocenters. The Kier molecular flexibility index (Phi) is 5.81. The van der Waals surface area contributed by atoms with Crippen molar-refractivity contribution in [2.24, 2.45) is 0 Å². The lowest BCUT2D eigenvalue weighted by molar-refractivity contribution is 0.414. The van der Waals surface area contributed by atoms with E-state index in [1.165, 1.54) is 17.1 Å². The van der Waals surface area contributed by atoms with Crippen LogP contribution in [0.1, 0.15) is 24.6 Å². The summed E-state index contributed by atoms with van der Waals surface area (Å²) in [5.74, 6) is 2.29. The first kappa shape index (κ1) is 19.1. The number of nitrogens with one attached hydrogen (secondary N) is 1. The van der Waals surface area contributed by atoms with Crippen molar-refractivity contribution in [3.8, 4) is 17.1 Å². The molecule has 3 aromatic heterocycles. The van der Waals surface area contributed by atoms with Crippen LogP contribution in [0.15, 0.2) is 54.9 Å². The molecule has 0 aliphatic carbocycles. The fourth-order valence-electron chi connectivity index (χ4n) is 3.07. The van der Waals surface area contributed by atoms with Gasteiger partial charge < -0.3 is 10.1 Å². The first-order chi connectivity index (χ1) is 14.3. The van der Waals surface area contributed by atoms with Gasteiger partial charge >= 0.3 is 0 Å². The van der Waals surface area contributed by atoms with Crippen molar-refractivity contribution in [3.63, 3.8) is 0 Å². The maximum Gasteiger partial charge on any atom is 0.208 e. The van der Waals surface area contributed by atoms with Gasteiger partial charge in [0, 0.05) is 23.4 Å². The fraction of sp³-hybridized carbons (Fsp3) is 0.238. The molecule has 3 heterocycles. The second-order valence-electron chi connectivity index (χ2n) is 6.52. The van der Waals surface area contributed by atoms with Crippen LogP contribution in [-0.2, 0) is 13.0 Å². The topological polar surface area (TPSA) is 77.8 Å². The molecule has 29 heavy (non-hydrogen) atoms. The highest BCUT2D eigenvalue weighted by molar-refractivity contribution is 7.09.